The van der Waals surface area contributed by atoms with E-state index in [0.717, 1.165) is 27.7 Å². The van der Waals surface area contributed by atoms with Gasteiger partial charge in [0.15, 0.2) is 5.69 Å². The van der Waals surface area contributed by atoms with Gasteiger partial charge in [0.1, 0.15) is 0 Å². The number of hydrogen-bond acceptors (Lipinski definition) is 4. The van der Waals surface area contributed by atoms with Gasteiger partial charge in [0.25, 0.3) is 5.91 Å². The number of aromatic amines is 1. The van der Waals surface area contributed by atoms with Crippen molar-refractivity contribution < 1.29 is 4.79 Å². The topological polar surface area (TPSA) is 83.6 Å². The number of hydrogen-bond donors (Lipinski definition) is 2. The second-order valence-corrected chi connectivity index (χ2v) is 5.72. The fourth-order valence-corrected chi connectivity index (χ4v) is 2.63. The van der Waals surface area contributed by atoms with Crippen LogP contribution >= 0.6 is 0 Å². The first kappa shape index (κ1) is 15.0. The van der Waals surface area contributed by atoms with Gasteiger partial charge in [0.2, 0.25) is 0 Å². The van der Waals surface area contributed by atoms with Crippen LogP contribution in [-0.4, -0.2) is 26.1 Å². The number of nitrogens with one attached hydrogen (secondary N) is 2. The lowest BCUT2D eigenvalue weighted by Gasteiger charge is -2.04. The molecular weight excluding hydrogens is 314 g/mol. The number of anilines is 1. The van der Waals surface area contributed by atoms with E-state index in [1.165, 1.54) is 0 Å². The van der Waals surface area contributed by atoms with E-state index in [9.17, 15) is 4.79 Å². The summed E-state index contributed by atoms with van der Waals surface area (Å²) in [5.74, 6) is -0.278. The Balaban J connectivity index is 1.69. The maximum absolute atomic E-state index is 12.6. The Morgan fingerprint density at radius 1 is 1.08 bits per heavy atom. The van der Waals surface area contributed by atoms with Crippen molar-refractivity contribution in [3.63, 3.8) is 0 Å². The molecule has 2 N–H and O–H groups in total. The number of carbonyl (C=O) groups is 1. The number of pyridine rings is 2. The molecular formula is C19H15N5O. The summed E-state index contributed by atoms with van der Waals surface area (Å²) >= 11 is 0. The van der Waals surface area contributed by atoms with E-state index in [1.54, 1.807) is 18.6 Å². The van der Waals surface area contributed by atoms with Crippen molar-refractivity contribution in [2.45, 2.75) is 6.92 Å². The monoisotopic (exact) mass is 329 g/mol. The van der Waals surface area contributed by atoms with Crippen LogP contribution in [-0.2, 0) is 0 Å². The van der Waals surface area contributed by atoms with E-state index >= 15 is 0 Å². The molecule has 3 heterocycles. The SMILES string of the molecule is Cc1ccc(NC(=O)c2n[nH]c3ccc(-c4cccnc4)cc23)cn1. The predicted octanol–water partition coefficient (Wildman–Crippen LogP) is 3.58. The van der Waals surface area contributed by atoms with Crippen molar-refractivity contribution in [3.8, 4) is 11.1 Å². The van der Waals surface area contributed by atoms with Crippen molar-refractivity contribution in [1.29, 1.82) is 0 Å². The van der Waals surface area contributed by atoms with E-state index < -0.39 is 0 Å². The second-order valence-electron chi connectivity index (χ2n) is 5.72. The van der Waals surface area contributed by atoms with Gasteiger partial charge in [0, 0.05) is 29.0 Å². The molecule has 0 aliphatic rings. The van der Waals surface area contributed by atoms with Gasteiger partial charge in [-0.3, -0.25) is 19.9 Å². The number of aromatic nitrogens is 4. The van der Waals surface area contributed by atoms with Crippen LogP contribution in [0.25, 0.3) is 22.0 Å². The molecule has 25 heavy (non-hydrogen) atoms. The largest absolute Gasteiger partial charge is 0.319 e. The lowest BCUT2D eigenvalue weighted by molar-refractivity contribution is 0.102. The molecule has 0 aliphatic carbocycles. The van der Waals surface area contributed by atoms with Gasteiger partial charge in [-0.15, -0.1) is 0 Å². The molecule has 0 saturated carbocycles. The second kappa shape index (κ2) is 6.16. The average molecular weight is 329 g/mol. The fourth-order valence-electron chi connectivity index (χ4n) is 2.63. The molecule has 0 unspecified atom stereocenters. The van der Waals surface area contributed by atoms with E-state index in [1.807, 2.05) is 49.4 Å². The summed E-state index contributed by atoms with van der Waals surface area (Å²) in [5, 5.41) is 10.7. The van der Waals surface area contributed by atoms with E-state index in [-0.39, 0.29) is 5.91 Å². The molecule has 1 amide bonds. The summed E-state index contributed by atoms with van der Waals surface area (Å²) in [6.07, 6.45) is 5.15. The summed E-state index contributed by atoms with van der Waals surface area (Å²) in [6.45, 7) is 1.90. The molecule has 0 spiro atoms. The third-order valence-electron chi connectivity index (χ3n) is 3.94. The van der Waals surface area contributed by atoms with Crippen LogP contribution in [0.2, 0.25) is 0 Å². The van der Waals surface area contributed by atoms with Crippen LogP contribution in [0.1, 0.15) is 16.2 Å². The first-order chi connectivity index (χ1) is 12.2. The third-order valence-corrected chi connectivity index (χ3v) is 3.94. The molecule has 6 nitrogen and oxygen atoms in total. The number of benzene rings is 1. The Bertz CT molecular complexity index is 1040. The lowest BCUT2D eigenvalue weighted by Crippen LogP contribution is -2.13. The summed E-state index contributed by atoms with van der Waals surface area (Å²) in [7, 11) is 0. The average Bonchev–Trinajstić information content (AvgIpc) is 3.07. The van der Waals surface area contributed by atoms with Crippen LogP contribution in [0.4, 0.5) is 5.69 Å². The minimum atomic E-state index is -0.278. The van der Waals surface area contributed by atoms with Crippen LogP contribution in [0, 0.1) is 6.92 Å². The number of carbonyl (C=O) groups excluding carboxylic acids is 1. The van der Waals surface area contributed by atoms with Crippen molar-refractivity contribution in [2.24, 2.45) is 0 Å². The van der Waals surface area contributed by atoms with Gasteiger partial charge >= 0.3 is 0 Å². The summed E-state index contributed by atoms with van der Waals surface area (Å²) in [6, 6.07) is 13.4. The van der Waals surface area contributed by atoms with Crippen molar-refractivity contribution in [2.75, 3.05) is 5.32 Å². The number of nitrogens with zero attached hydrogens (tertiary/aromatic N) is 3. The number of H-pyrrole nitrogens is 1. The maximum atomic E-state index is 12.6. The standard InChI is InChI=1S/C19H15N5O/c1-12-4-6-15(11-21-12)22-19(25)18-16-9-13(5-7-17(16)23-24-18)14-3-2-8-20-10-14/h2-11H,1H3,(H,22,25)(H,23,24). The van der Waals surface area contributed by atoms with Crippen LogP contribution in [0.3, 0.4) is 0 Å². The maximum Gasteiger partial charge on any atom is 0.276 e. The zero-order valence-corrected chi connectivity index (χ0v) is 13.5. The zero-order valence-electron chi connectivity index (χ0n) is 13.5. The summed E-state index contributed by atoms with van der Waals surface area (Å²) in [4.78, 5) is 20.9. The number of aryl methyl sites for hydroxylation is 1. The first-order valence-corrected chi connectivity index (χ1v) is 7.83. The Kier molecular flexibility index (Phi) is 3.70. The Morgan fingerprint density at radius 3 is 2.76 bits per heavy atom. The fraction of sp³-hybridized carbons (Fsp3) is 0.0526. The van der Waals surface area contributed by atoms with Gasteiger partial charge < -0.3 is 5.32 Å². The minimum absolute atomic E-state index is 0.278. The molecule has 4 aromatic rings. The Hall–Kier alpha value is -3.54. The van der Waals surface area contributed by atoms with Crippen LogP contribution < -0.4 is 5.32 Å². The quantitative estimate of drug-likeness (QED) is 0.602. The Morgan fingerprint density at radius 2 is 2.00 bits per heavy atom. The molecule has 0 aliphatic heterocycles. The lowest BCUT2D eigenvalue weighted by atomic mass is 10.0. The predicted molar refractivity (Wildman–Crippen MR) is 96.3 cm³/mol. The molecule has 4 rings (SSSR count). The third kappa shape index (κ3) is 2.97. The van der Waals surface area contributed by atoms with E-state index in [2.05, 4.69) is 25.5 Å². The molecule has 0 radical (unpaired) electrons. The molecule has 0 bridgehead atoms. The Labute approximate surface area is 144 Å². The van der Waals surface area contributed by atoms with Gasteiger partial charge in [-0.05, 0) is 42.8 Å². The first-order valence-electron chi connectivity index (χ1n) is 7.83. The highest BCUT2D eigenvalue weighted by atomic mass is 16.1. The number of fused-ring (bicyclic) bond motifs is 1. The highest BCUT2D eigenvalue weighted by Crippen LogP contribution is 2.25. The highest BCUT2D eigenvalue weighted by Gasteiger charge is 2.15. The zero-order chi connectivity index (χ0) is 17.2. The van der Waals surface area contributed by atoms with Crippen LogP contribution in [0.5, 0.6) is 0 Å². The molecule has 3 aromatic heterocycles. The van der Waals surface area contributed by atoms with Crippen molar-refractivity contribution in [1.82, 2.24) is 20.2 Å². The molecule has 122 valence electrons. The van der Waals surface area contributed by atoms with E-state index in [0.29, 0.717) is 11.4 Å². The van der Waals surface area contributed by atoms with Crippen molar-refractivity contribution in [3.05, 3.63) is 72.4 Å². The molecule has 1 aromatic carbocycles. The van der Waals surface area contributed by atoms with E-state index in [4.69, 9.17) is 0 Å². The summed E-state index contributed by atoms with van der Waals surface area (Å²) in [5.41, 5.74) is 4.65. The van der Waals surface area contributed by atoms with Gasteiger partial charge in [-0.1, -0.05) is 12.1 Å². The number of rotatable bonds is 3. The number of amides is 1. The highest BCUT2D eigenvalue weighted by molar-refractivity contribution is 6.11. The molecule has 0 saturated heterocycles. The normalized spacial score (nSPS) is 10.8. The van der Waals surface area contributed by atoms with Gasteiger partial charge in [-0.25, -0.2) is 0 Å². The smallest absolute Gasteiger partial charge is 0.276 e. The molecule has 0 atom stereocenters. The molecule has 6 heteroatoms. The molecule has 0 fully saturated rings. The minimum Gasteiger partial charge on any atom is -0.319 e. The van der Waals surface area contributed by atoms with Crippen LogP contribution in [0.15, 0.2) is 61.1 Å². The summed E-state index contributed by atoms with van der Waals surface area (Å²) < 4.78 is 0. The van der Waals surface area contributed by atoms with Crippen molar-refractivity contribution >= 4 is 22.5 Å². The van der Waals surface area contributed by atoms with Gasteiger partial charge in [-0.2, -0.15) is 5.10 Å². The van der Waals surface area contributed by atoms with Gasteiger partial charge in [0.05, 0.1) is 17.4 Å².